The summed E-state index contributed by atoms with van der Waals surface area (Å²) in [5, 5.41) is 9.66. The van der Waals surface area contributed by atoms with E-state index in [1.165, 1.54) is 17.0 Å². The fourth-order valence-corrected chi connectivity index (χ4v) is 3.42. The number of amides is 1. The summed E-state index contributed by atoms with van der Waals surface area (Å²) in [6.07, 6.45) is -1.04. The van der Waals surface area contributed by atoms with Gasteiger partial charge in [0.1, 0.15) is 11.9 Å². The number of halogens is 1. The van der Waals surface area contributed by atoms with Gasteiger partial charge in [0.15, 0.2) is 0 Å². The van der Waals surface area contributed by atoms with Crippen LogP contribution in [0, 0.1) is 5.82 Å². The number of aromatic carboxylic acids is 1. The lowest BCUT2D eigenvalue weighted by Gasteiger charge is -2.16. The summed E-state index contributed by atoms with van der Waals surface area (Å²) in [6, 6.07) is 20.5. The molecular formula is C23H18FNO4. The van der Waals surface area contributed by atoms with E-state index in [1.807, 2.05) is 36.4 Å². The Morgan fingerprint density at radius 1 is 1.03 bits per heavy atom. The van der Waals surface area contributed by atoms with E-state index in [0.29, 0.717) is 11.1 Å². The molecule has 1 fully saturated rings. The van der Waals surface area contributed by atoms with Crippen molar-refractivity contribution < 1.29 is 23.8 Å². The van der Waals surface area contributed by atoms with Crippen molar-refractivity contribution in [3.05, 3.63) is 95.3 Å². The van der Waals surface area contributed by atoms with E-state index in [-0.39, 0.29) is 24.5 Å². The molecule has 146 valence electrons. The Bertz CT molecular complexity index is 1050. The van der Waals surface area contributed by atoms with Crippen LogP contribution in [-0.2, 0) is 11.3 Å². The molecule has 0 aliphatic carbocycles. The molecule has 1 aliphatic heterocycles. The number of ether oxygens (including phenoxy) is 1. The van der Waals surface area contributed by atoms with E-state index in [9.17, 15) is 19.1 Å². The smallest absolute Gasteiger partial charge is 0.410 e. The summed E-state index contributed by atoms with van der Waals surface area (Å²) in [7, 11) is 0. The first-order chi connectivity index (χ1) is 14.0. The standard InChI is InChI=1S/C23H18FNO4/c24-19-10-8-16(9-11-19)21-14-25(23(28)29-21)13-18-7-6-17(12-20(18)22(26)27)15-4-2-1-3-5-15/h1-12,21H,13-14H2,(H,26,27). The van der Waals surface area contributed by atoms with Crippen molar-refractivity contribution in [2.45, 2.75) is 12.6 Å². The van der Waals surface area contributed by atoms with E-state index >= 15 is 0 Å². The van der Waals surface area contributed by atoms with Crippen LogP contribution in [0.5, 0.6) is 0 Å². The number of carbonyl (C=O) groups is 2. The lowest BCUT2D eigenvalue weighted by atomic mass is 9.98. The number of benzene rings is 3. The Hall–Kier alpha value is -3.67. The highest BCUT2D eigenvalue weighted by atomic mass is 19.1. The third kappa shape index (κ3) is 3.96. The molecule has 3 aromatic carbocycles. The second-order valence-electron chi connectivity index (χ2n) is 6.85. The number of carbonyl (C=O) groups excluding carboxylic acids is 1. The predicted molar refractivity (Wildman–Crippen MR) is 105 cm³/mol. The highest BCUT2D eigenvalue weighted by Crippen LogP contribution is 2.29. The maximum atomic E-state index is 13.1. The molecule has 0 radical (unpaired) electrons. The van der Waals surface area contributed by atoms with Gasteiger partial charge in [-0.15, -0.1) is 0 Å². The predicted octanol–water partition coefficient (Wildman–Crippen LogP) is 4.88. The normalized spacial score (nSPS) is 16.0. The minimum Gasteiger partial charge on any atom is -0.478 e. The molecule has 1 unspecified atom stereocenters. The molecule has 1 atom stereocenters. The van der Waals surface area contributed by atoms with Crippen LogP contribution < -0.4 is 0 Å². The van der Waals surface area contributed by atoms with Crippen LogP contribution in [0.4, 0.5) is 9.18 Å². The number of carboxylic acid groups (broad SMARTS) is 1. The summed E-state index contributed by atoms with van der Waals surface area (Å²) in [5.41, 5.74) is 3.07. The van der Waals surface area contributed by atoms with Crippen molar-refractivity contribution in [1.29, 1.82) is 0 Å². The minimum absolute atomic E-state index is 0.118. The van der Waals surface area contributed by atoms with Crippen LogP contribution in [0.3, 0.4) is 0 Å². The number of hydrogen-bond donors (Lipinski definition) is 1. The van der Waals surface area contributed by atoms with Gasteiger partial charge in [0.25, 0.3) is 0 Å². The third-order valence-electron chi connectivity index (χ3n) is 4.94. The van der Waals surface area contributed by atoms with Gasteiger partial charge in [-0.1, -0.05) is 54.6 Å². The molecule has 1 amide bonds. The first kappa shape index (κ1) is 18.7. The molecule has 3 aromatic rings. The molecule has 29 heavy (non-hydrogen) atoms. The van der Waals surface area contributed by atoms with Crippen molar-refractivity contribution >= 4 is 12.1 Å². The molecule has 0 aromatic heterocycles. The van der Waals surface area contributed by atoms with Gasteiger partial charge in [-0.05, 0) is 40.5 Å². The average Bonchev–Trinajstić information content (AvgIpc) is 3.09. The Balaban J connectivity index is 1.56. The van der Waals surface area contributed by atoms with Crippen LogP contribution in [-0.4, -0.2) is 28.6 Å². The highest BCUT2D eigenvalue weighted by molar-refractivity contribution is 5.91. The summed E-state index contributed by atoms with van der Waals surface area (Å²) in [6.45, 7) is 0.386. The van der Waals surface area contributed by atoms with Crippen LogP contribution >= 0.6 is 0 Å². The van der Waals surface area contributed by atoms with Gasteiger partial charge in [-0.25, -0.2) is 14.0 Å². The number of hydrogen-bond acceptors (Lipinski definition) is 3. The molecule has 1 aliphatic rings. The molecule has 1 N–H and O–H groups in total. The van der Waals surface area contributed by atoms with Crippen molar-refractivity contribution in [3.8, 4) is 11.1 Å². The Kier molecular flexibility index (Phi) is 4.99. The average molecular weight is 391 g/mol. The fraction of sp³-hybridized carbons (Fsp3) is 0.130. The summed E-state index contributed by atoms with van der Waals surface area (Å²) in [5.74, 6) is -1.42. The highest BCUT2D eigenvalue weighted by Gasteiger charge is 2.33. The largest absolute Gasteiger partial charge is 0.478 e. The SMILES string of the molecule is O=C(O)c1cc(-c2ccccc2)ccc1CN1CC(c2ccc(F)cc2)OC1=O. The van der Waals surface area contributed by atoms with Crippen molar-refractivity contribution in [3.63, 3.8) is 0 Å². The molecule has 6 heteroatoms. The fourth-order valence-electron chi connectivity index (χ4n) is 3.42. The molecule has 5 nitrogen and oxygen atoms in total. The number of cyclic esters (lactones) is 1. The maximum absolute atomic E-state index is 13.1. The van der Waals surface area contributed by atoms with E-state index in [1.54, 1.807) is 24.3 Å². The van der Waals surface area contributed by atoms with Gasteiger partial charge in [0.05, 0.1) is 18.7 Å². The van der Waals surface area contributed by atoms with E-state index in [4.69, 9.17) is 4.74 Å². The van der Waals surface area contributed by atoms with E-state index < -0.39 is 18.2 Å². The maximum Gasteiger partial charge on any atom is 0.410 e. The van der Waals surface area contributed by atoms with Crippen LogP contribution in [0.25, 0.3) is 11.1 Å². The first-order valence-electron chi connectivity index (χ1n) is 9.14. The summed E-state index contributed by atoms with van der Waals surface area (Å²) < 4.78 is 18.5. The topological polar surface area (TPSA) is 66.8 Å². The Morgan fingerprint density at radius 2 is 1.76 bits per heavy atom. The van der Waals surface area contributed by atoms with E-state index in [2.05, 4.69) is 0 Å². The zero-order valence-electron chi connectivity index (χ0n) is 15.4. The Labute approximate surface area is 167 Å². The molecule has 1 saturated heterocycles. The van der Waals surface area contributed by atoms with Crippen LogP contribution in [0.2, 0.25) is 0 Å². The lowest BCUT2D eigenvalue weighted by molar-refractivity contribution is 0.0694. The zero-order chi connectivity index (χ0) is 20.4. The van der Waals surface area contributed by atoms with Crippen LogP contribution in [0.15, 0.2) is 72.8 Å². The molecule has 0 spiro atoms. The van der Waals surface area contributed by atoms with Crippen molar-refractivity contribution in [2.24, 2.45) is 0 Å². The monoisotopic (exact) mass is 391 g/mol. The zero-order valence-corrected chi connectivity index (χ0v) is 15.4. The van der Waals surface area contributed by atoms with Gasteiger partial charge in [-0.2, -0.15) is 0 Å². The molecular weight excluding hydrogens is 373 g/mol. The second-order valence-corrected chi connectivity index (χ2v) is 6.85. The van der Waals surface area contributed by atoms with Gasteiger partial charge >= 0.3 is 12.1 Å². The number of rotatable bonds is 5. The molecule has 0 saturated carbocycles. The van der Waals surface area contributed by atoms with Crippen molar-refractivity contribution in [1.82, 2.24) is 4.90 Å². The minimum atomic E-state index is -1.06. The van der Waals surface area contributed by atoms with Gasteiger partial charge in [0, 0.05) is 0 Å². The van der Waals surface area contributed by atoms with Gasteiger partial charge in [0.2, 0.25) is 0 Å². The Morgan fingerprint density at radius 3 is 2.45 bits per heavy atom. The number of carboxylic acids is 1. The molecule has 4 rings (SSSR count). The summed E-state index contributed by atoms with van der Waals surface area (Å²) in [4.78, 5) is 25.5. The van der Waals surface area contributed by atoms with Crippen LogP contribution in [0.1, 0.15) is 27.6 Å². The van der Waals surface area contributed by atoms with Crippen molar-refractivity contribution in [2.75, 3.05) is 6.54 Å². The quantitative estimate of drug-likeness (QED) is 0.673. The second kappa shape index (κ2) is 7.75. The first-order valence-corrected chi connectivity index (χ1v) is 9.14. The third-order valence-corrected chi connectivity index (χ3v) is 4.94. The molecule has 0 bridgehead atoms. The van der Waals surface area contributed by atoms with Gasteiger partial charge in [-0.3, -0.25) is 4.90 Å². The molecule has 1 heterocycles. The number of nitrogens with zero attached hydrogens (tertiary/aromatic N) is 1. The summed E-state index contributed by atoms with van der Waals surface area (Å²) >= 11 is 0. The van der Waals surface area contributed by atoms with E-state index in [0.717, 1.165) is 11.1 Å². The van der Waals surface area contributed by atoms with Gasteiger partial charge < -0.3 is 9.84 Å². The lowest BCUT2D eigenvalue weighted by Crippen LogP contribution is -2.25.